The van der Waals surface area contributed by atoms with Crippen molar-refractivity contribution in [1.29, 1.82) is 0 Å². The van der Waals surface area contributed by atoms with Crippen molar-refractivity contribution in [3.8, 4) is 0 Å². The van der Waals surface area contributed by atoms with Crippen LogP contribution in [0, 0.1) is 6.92 Å². The summed E-state index contributed by atoms with van der Waals surface area (Å²) in [6, 6.07) is 2.04. The van der Waals surface area contributed by atoms with Crippen LogP contribution in [0.5, 0.6) is 0 Å². The molecule has 2 atom stereocenters. The van der Waals surface area contributed by atoms with Crippen molar-refractivity contribution < 1.29 is 14.6 Å². The van der Waals surface area contributed by atoms with Crippen molar-refractivity contribution in [3.05, 3.63) is 21.9 Å². The fourth-order valence-corrected chi connectivity index (χ4v) is 3.16. The highest BCUT2D eigenvalue weighted by molar-refractivity contribution is 7.10. The largest absolute Gasteiger partial charge is 0.479 e. The molecule has 0 amide bonds. The Balaban J connectivity index is 2.24. The van der Waals surface area contributed by atoms with Crippen LogP contribution in [-0.4, -0.2) is 17.2 Å². The van der Waals surface area contributed by atoms with Gasteiger partial charge in [0.25, 0.3) is 0 Å². The lowest BCUT2D eigenvalue weighted by Gasteiger charge is -2.23. The molecule has 2 heterocycles. The van der Waals surface area contributed by atoms with E-state index < -0.39 is 17.7 Å². The number of thiophene rings is 1. The Hall–Kier alpha value is -0.870. The van der Waals surface area contributed by atoms with Gasteiger partial charge in [-0.2, -0.15) is 0 Å². The molecule has 0 bridgehead atoms. The maximum Gasteiger partial charge on any atom is 0.332 e. The molecule has 3 nitrogen and oxygen atoms in total. The second kappa shape index (κ2) is 3.61. The standard InChI is InChI=1S/C11H14O3S/c1-7-4-6-15-9(7)11(2)5-3-8(14-11)10(12)13/h4,6,8H,3,5H2,1-2H3,(H,12,13). The van der Waals surface area contributed by atoms with Crippen LogP contribution in [0.1, 0.15) is 30.2 Å². The zero-order chi connectivity index (χ0) is 11.1. The first-order valence-electron chi connectivity index (χ1n) is 4.98. The van der Waals surface area contributed by atoms with E-state index >= 15 is 0 Å². The van der Waals surface area contributed by atoms with Crippen LogP contribution < -0.4 is 0 Å². The van der Waals surface area contributed by atoms with Crippen LogP contribution >= 0.6 is 11.3 Å². The van der Waals surface area contributed by atoms with Crippen LogP contribution in [0.15, 0.2) is 11.4 Å². The van der Waals surface area contributed by atoms with Gasteiger partial charge in [-0.25, -0.2) is 4.79 Å². The molecule has 15 heavy (non-hydrogen) atoms. The van der Waals surface area contributed by atoms with Gasteiger partial charge >= 0.3 is 5.97 Å². The summed E-state index contributed by atoms with van der Waals surface area (Å²) in [6.45, 7) is 4.02. The Kier molecular flexibility index (Phi) is 2.56. The van der Waals surface area contributed by atoms with Gasteiger partial charge in [-0.1, -0.05) is 0 Å². The minimum Gasteiger partial charge on any atom is -0.479 e. The molecule has 82 valence electrons. The first-order chi connectivity index (χ1) is 7.03. The van der Waals surface area contributed by atoms with Gasteiger partial charge in [0.05, 0.1) is 0 Å². The van der Waals surface area contributed by atoms with Crippen molar-refractivity contribution in [2.75, 3.05) is 0 Å². The molecule has 2 rings (SSSR count). The maximum absolute atomic E-state index is 10.8. The minimum absolute atomic E-state index is 0.401. The molecule has 0 aromatic carbocycles. The van der Waals surface area contributed by atoms with Crippen LogP contribution in [0.3, 0.4) is 0 Å². The van der Waals surface area contributed by atoms with Gasteiger partial charge in [0.1, 0.15) is 5.60 Å². The molecule has 0 saturated carbocycles. The zero-order valence-corrected chi connectivity index (χ0v) is 9.63. The van der Waals surface area contributed by atoms with Crippen molar-refractivity contribution >= 4 is 17.3 Å². The van der Waals surface area contributed by atoms with E-state index in [1.165, 1.54) is 5.56 Å². The molecule has 0 aliphatic carbocycles. The molecular formula is C11H14O3S. The monoisotopic (exact) mass is 226 g/mol. The van der Waals surface area contributed by atoms with E-state index in [1.807, 2.05) is 25.3 Å². The number of hydrogen-bond acceptors (Lipinski definition) is 3. The molecule has 1 fully saturated rings. The number of hydrogen-bond donors (Lipinski definition) is 1. The third-order valence-electron chi connectivity index (χ3n) is 2.90. The van der Waals surface area contributed by atoms with Crippen LogP contribution in [0.2, 0.25) is 0 Å². The molecule has 1 aliphatic rings. The highest BCUT2D eigenvalue weighted by Gasteiger charge is 2.42. The second-order valence-electron chi connectivity index (χ2n) is 4.15. The Labute approximate surface area is 92.7 Å². The van der Waals surface area contributed by atoms with E-state index in [-0.39, 0.29) is 0 Å². The minimum atomic E-state index is -0.854. The predicted molar refractivity (Wildman–Crippen MR) is 58.2 cm³/mol. The van der Waals surface area contributed by atoms with Gasteiger partial charge in [-0.3, -0.25) is 0 Å². The fourth-order valence-electron chi connectivity index (χ4n) is 2.09. The molecule has 0 radical (unpaired) electrons. The molecule has 1 aromatic rings. The van der Waals surface area contributed by atoms with Crippen LogP contribution in [0.4, 0.5) is 0 Å². The highest BCUT2D eigenvalue weighted by Crippen LogP contribution is 2.42. The average Bonchev–Trinajstić information content (AvgIpc) is 2.72. The lowest BCUT2D eigenvalue weighted by atomic mass is 9.98. The summed E-state index contributed by atoms with van der Waals surface area (Å²) in [5.74, 6) is -0.854. The van der Waals surface area contributed by atoms with Crippen LogP contribution in [0.25, 0.3) is 0 Å². The summed E-state index contributed by atoms with van der Waals surface area (Å²) >= 11 is 1.64. The van der Waals surface area contributed by atoms with Crippen molar-refractivity contribution in [3.63, 3.8) is 0 Å². The van der Waals surface area contributed by atoms with Gasteiger partial charge in [0.15, 0.2) is 6.10 Å². The third kappa shape index (κ3) is 1.79. The molecular weight excluding hydrogens is 212 g/mol. The molecule has 1 N–H and O–H groups in total. The Morgan fingerprint density at radius 2 is 2.47 bits per heavy atom. The summed E-state index contributed by atoms with van der Waals surface area (Å²) in [7, 11) is 0. The lowest BCUT2D eigenvalue weighted by molar-refractivity contribution is -0.153. The molecule has 1 aromatic heterocycles. The summed E-state index contributed by atoms with van der Waals surface area (Å²) in [5.41, 5.74) is 0.787. The molecule has 1 aliphatic heterocycles. The summed E-state index contributed by atoms with van der Waals surface area (Å²) in [6.07, 6.45) is 0.741. The van der Waals surface area contributed by atoms with Gasteiger partial charge < -0.3 is 9.84 Å². The van der Waals surface area contributed by atoms with Crippen LogP contribution in [-0.2, 0) is 15.1 Å². The Morgan fingerprint density at radius 1 is 1.73 bits per heavy atom. The number of carboxylic acids is 1. The van der Waals surface area contributed by atoms with E-state index in [1.54, 1.807) is 11.3 Å². The Bertz CT molecular complexity index is 385. The fraction of sp³-hybridized carbons (Fsp3) is 0.545. The third-order valence-corrected chi connectivity index (χ3v) is 4.17. The quantitative estimate of drug-likeness (QED) is 0.843. The summed E-state index contributed by atoms with van der Waals surface area (Å²) in [4.78, 5) is 12.0. The first kappa shape index (κ1) is 10.6. The Morgan fingerprint density at radius 3 is 2.93 bits per heavy atom. The van der Waals surface area contributed by atoms with Gasteiger partial charge in [-0.05, 0) is 43.7 Å². The van der Waals surface area contributed by atoms with E-state index in [0.717, 1.165) is 11.3 Å². The zero-order valence-electron chi connectivity index (χ0n) is 8.82. The molecule has 4 heteroatoms. The predicted octanol–water partition coefficient (Wildman–Crippen LogP) is 2.54. The number of carboxylic acid groups (broad SMARTS) is 1. The number of aryl methyl sites for hydroxylation is 1. The second-order valence-corrected chi connectivity index (χ2v) is 5.06. The smallest absolute Gasteiger partial charge is 0.332 e. The number of ether oxygens (including phenoxy) is 1. The molecule has 1 saturated heterocycles. The summed E-state index contributed by atoms with van der Waals surface area (Å²) < 4.78 is 5.65. The molecule has 2 unspecified atom stereocenters. The van der Waals surface area contributed by atoms with E-state index in [2.05, 4.69) is 0 Å². The van der Waals surface area contributed by atoms with Crippen molar-refractivity contribution in [2.24, 2.45) is 0 Å². The first-order valence-corrected chi connectivity index (χ1v) is 5.86. The van der Waals surface area contributed by atoms with Gasteiger partial charge in [0.2, 0.25) is 0 Å². The molecule has 0 spiro atoms. The number of aliphatic carboxylic acids is 1. The van der Waals surface area contributed by atoms with E-state index in [4.69, 9.17) is 9.84 Å². The van der Waals surface area contributed by atoms with E-state index in [9.17, 15) is 4.79 Å². The SMILES string of the molecule is Cc1ccsc1C1(C)CCC(C(=O)O)O1. The normalized spacial score (nSPS) is 30.7. The topological polar surface area (TPSA) is 46.5 Å². The van der Waals surface area contributed by atoms with Crippen molar-refractivity contribution in [1.82, 2.24) is 0 Å². The van der Waals surface area contributed by atoms with Crippen molar-refractivity contribution in [2.45, 2.75) is 38.4 Å². The maximum atomic E-state index is 10.8. The summed E-state index contributed by atoms with van der Waals surface area (Å²) in [5, 5.41) is 10.9. The van der Waals surface area contributed by atoms with Gasteiger partial charge in [0, 0.05) is 4.88 Å². The number of rotatable bonds is 2. The number of carbonyl (C=O) groups is 1. The highest BCUT2D eigenvalue weighted by atomic mass is 32.1. The lowest BCUT2D eigenvalue weighted by Crippen LogP contribution is -2.26. The van der Waals surface area contributed by atoms with E-state index in [0.29, 0.717) is 6.42 Å². The van der Waals surface area contributed by atoms with Gasteiger partial charge in [-0.15, -0.1) is 11.3 Å². The average molecular weight is 226 g/mol.